The molecule has 31 heavy (non-hydrogen) atoms. The van der Waals surface area contributed by atoms with Crippen LogP contribution in [0.4, 0.5) is 0 Å². The van der Waals surface area contributed by atoms with Gasteiger partial charge in [-0.25, -0.2) is 0 Å². The predicted molar refractivity (Wildman–Crippen MR) is 119 cm³/mol. The van der Waals surface area contributed by atoms with Crippen LogP contribution < -0.4 is 4.74 Å². The van der Waals surface area contributed by atoms with Crippen LogP contribution in [0, 0.1) is 0 Å². The van der Waals surface area contributed by atoms with E-state index >= 15 is 0 Å². The minimum atomic E-state index is -0.437. The van der Waals surface area contributed by atoms with Crippen molar-refractivity contribution in [2.75, 3.05) is 13.1 Å². The van der Waals surface area contributed by atoms with Gasteiger partial charge in [-0.05, 0) is 18.2 Å². The van der Waals surface area contributed by atoms with Crippen LogP contribution in [0.5, 0.6) is 5.75 Å². The van der Waals surface area contributed by atoms with E-state index < -0.39 is 5.60 Å². The number of aromatic nitrogens is 3. The number of carbonyl (C=O) groups is 1. The van der Waals surface area contributed by atoms with E-state index in [4.69, 9.17) is 4.74 Å². The summed E-state index contributed by atoms with van der Waals surface area (Å²) in [5, 5.41) is 5.55. The molecule has 1 saturated heterocycles. The first-order valence-corrected chi connectivity index (χ1v) is 10.7. The molecule has 6 heteroatoms. The number of fused-ring (bicyclic) bond motifs is 5. The Morgan fingerprint density at radius 1 is 1.03 bits per heavy atom. The maximum absolute atomic E-state index is 13.4. The van der Waals surface area contributed by atoms with Gasteiger partial charge in [-0.1, -0.05) is 30.3 Å². The number of benzene rings is 2. The molecule has 4 heterocycles. The molecule has 6 nitrogen and oxygen atoms in total. The zero-order valence-electron chi connectivity index (χ0n) is 17.7. The Bertz CT molecular complexity index is 1320. The minimum Gasteiger partial charge on any atom is -0.482 e. The van der Waals surface area contributed by atoms with Crippen LogP contribution >= 0.6 is 0 Å². The highest BCUT2D eigenvalue weighted by molar-refractivity contribution is 6.07. The largest absolute Gasteiger partial charge is 0.482 e. The van der Waals surface area contributed by atoms with Crippen molar-refractivity contribution in [3.63, 3.8) is 0 Å². The molecule has 0 atom stereocenters. The summed E-state index contributed by atoms with van der Waals surface area (Å²) in [6, 6.07) is 16.2. The van der Waals surface area contributed by atoms with Crippen LogP contribution in [0.2, 0.25) is 0 Å². The number of aryl methyl sites for hydroxylation is 2. The predicted octanol–water partition coefficient (Wildman–Crippen LogP) is 4.10. The highest BCUT2D eigenvalue weighted by Crippen LogP contribution is 2.49. The van der Waals surface area contributed by atoms with Crippen molar-refractivity contribution in [1.82, 2.24) is 19.2 Å². The molecule has 2 aromatic heterocycles. The first-order chi connectivity index (χ1) is 15.1. The Morgan fingerprint density at radius 2 is 1.77 bits per heavy atom. The Morgan fingerprint density at radius 3 is 2.61 bits per heavy atom. The molecule has 2 aliphatic heterocycles. The molecule has 0 aliphatic carbocycles. The zero-order valence-corrected chi connectivity index (χ0v) is 17.7. The molecule has 1 amide bonds. The van der Waals surface area contributed by atoms with Gasteiger partial charge in [0.1, 0.15) is 11.4 Å². The van der Waals surface area contributed by atoms with E-state index in [1.165, 1.54) is 0 Å². The second-order valence-corrected chi connectivity index (χ2v) is 8.59. The molecule has 156 valence electrons. The fraction of sp³-hybridized carbons (Fsp3) is 0.280. The van der Waals surface area contributed by atoms with Crippen molar-refractivity contribution in [2.45, 2.75) is 18.4 Å². The maximum Gasteiger partial charge on any atom is 0.256 e. The number of ether oxygens (including phenoxy) is 1. The van der Waals surface area contributed by atoms with Gasteiger partial charge >= 0.3 is 0 Å². The summed E-state index contributed by atoms with van der Waals surface area (Å²) < 4.78 is 10.6. The van der Waals surface area contributed by atoms with E-state index in [1.54, 1.807) is 0 Å². The van der Waals surface area contributed by atoms with Gasteiger partial charge in [0.15, 0.2) is 0 Å². The van der Waals surface area contributed by atoms with E-state index in [9.17, 15) is 4.79 Å². The summed E-state index contributed by atoms with van der Waals surface area (Å²) in [6.45, 7) is 1.30. The number of hydrogen-bond donors (Lipinski definition) is 0. The van der Waals surface area contributed by atoms with Crippen molar-refractivity contribution in [3.05, 3.63) is 72.1 Å². The first kappa shape index (κ1) is 18.2. The molecule has 1 spiro atoms. The monoisotopic (exact) mass is 412 g/mol. The van der Waals surface area contributed by atoms with E-state index in [0.717, 1.165) is 51.9 Å². The molecular formula is C25H24N4O2. The smallest absolute Gasteiger partial charge is 0.256 e. The van der Waals surface area contributed by atoms with Crippen molar-refractivity contribution in [1.29, 1.82) is 0 Å². The van der Waals surface area contributed by atoms with Crippen molar-refractivity contribution in [3.8, 4) is 17.0 Å². The lowest BCUT2D eigenvalue weighted by molar-refractivity contribution is -0.00166. The number of likely N-dealkylation sites (tertiary alicyclic amines) is 1. The Labute approximate surface area is 180 Å². The van der Waals surface area contributed by atoms with Crippen LogP contribution in [-0.2, 0) is 19.7 Å². The lowest BCUT2D eigenvalue weighted by atomic mass is 9.81. The van der Waals surface area contributed by atoms with Crippen molar-refractivity contribution < 1.29 is 9.53 Å². The van der Waals surface area contributed by atoms with Crippen LogP contribution in [0.15, 0.2) is 60.9 Å². The first-order valence-electron chi connectivity index (χ1n) is 10.7. The summed E-state index contributed by atoms with van der Waals surface area (Å²) in [4.78, 5) is 15.4. The van der Waals surface area contributed by atoms with Crippen molar-refractivity contribution >= 4 is 16.8 Å². The fourth-order valence-electron chi connectivity index (χ4n) is 5.23. The van der Waals surface area contributed by atoms with Crippen LogP contribution in [-0.4, -0.2) is 38.2 Å². The van der Waals surface area contributed by atoms with Gasteiger partial charge in [-0.3, -0.25) is 9.48 Å². The second kappa shape index (κ2) is 6.48. The van der Waals surface area contributed by atoms with E-state index in [-0.39, 0.29) is 5.91 Å². The van der Waals surface area contributed by atoms with Gasteiger partial charge in [0.2, 0.25) is 0 Å². The number of rotatable bonds is 1. The average molecular weight is 412 g/mol. The van der Waals surface area contributed by atoms with Gasteiger partial charge < -0.3 is 14.2 Å². The molecule has 0 N–H and O–H groups in total. The molecule has 0 unspecified atom stereocenters. The Hall–Kier alpha value is -3.54. The number of carbonyl (C=O) groups excluding carboxylic acids is 1. The summed E-state index contributed by atoms with van der Waals surface area (Å²) in [7, 11) is 3.97. The third kappa shape index (κ3) is 2.57. The van der Waals surface area contributed by atoms with Crippen LogP contribution in [0.1, 0.15) is 28.8 Å². The molecule has 1 fully saturated rings. The quantitative estimate of drug-likeness (QED) is 0.473. The van der Waals surface area contributed by atoms with Crippen LogP contribution in [0.25, 0.3) is 22.2 Å². The molecule has 4 aromatic rings. The van der Waals surface area contributed by atoms with Crippen molar-refractivity contribution in [2.24, 2.45) is 14.1 Å². The number of hydrogen-bond acceptors (Lipinski definition) is 3. The topological polar surface area (TPSA) is 52.3 Å². The Kier molecular flexibility index (Phi) is 3.81. The highest BCUT2D eigenvalue weighted by Gasteiger charge is 2.46. The lowest BCUT2D eigenvalue weighted by Crippen LogP contribution is -2.49. The number of piperidine rings is 1. The van der Waals surface area contributed by atoms with E-state index in [0.29, 0.717) is 13.1 Å². The normalized spacial score (nSPS) is 16.8. The number of para-hydroxylation sites is 2. The molecule has 6 rings (SSSR count). The second-order valence-electron chi connectivity index (χ2n) is 8.59. The summed E-state index contributed by atoms with van der Waals surface area (Å²) >= 11 is 0. The van der Waals surface area contributed by atoms with Gasteiger partial charge in [0, 0.05) is 68.3 Å². The zero-order chi connectivity index (χ0) is 21.2. The molecule has 2 aromatic carbocycles. The highest BCUT2D eigenvalue weighted by atomic mass is 16.5. The third-order valence-corrected chi connectivity index (χ3v) is 6.86. The lowest BCUT2D eigenvalue weighted by Gasteiger charge is -2.44. The molecule has 0 radical (unpaired) electrons. The fourth-order valence-corrected chi connectivity index (χ4v) is 5.23. The van der Waals surface area contributed by atoms with Crippen LogP contribution in [0.3, 0.4) is 0 Å². The molecule has 0 saturated carbocycles. The molecule has 2 aliphatic rings. The third-order valence-electron chi connectivity index (χ3n) is 6.86. The summed E-state index contributed by atoms with van der Waals surface area (Å²) in [6.07, 6.45) is 5.38. The van der Waals surface area contributed by atoms with Gasteiger partial charge in [0.25, 0.3) is 5.91 Å². The molecular weight excluding hydrogens is 388 g/mol. The van der Waals surface area contributed by atoms with E-state index in [2.05, 4.69) is 17.2 Å². The van der Waals surface area contributed by atoms with Gasteiger partial charge in [-0.15, -0.1) is 0 Å². The SMILES string of the molecule is Cn1ncc2c1-c1ccccc1OC21CCN(C(=O)c2cn(C)c3ccccc23)CC1. The van der Waals surface area contributed by atoms with Gasteiger partial charge in [0.05, 0.1) is 17.5 Å². The molecule has 0 bridgehead atoms. The summed E-state index contributed by atoms with van der Waals surface area (Å²) in [5.41, 5.74) is 4.74. The number of amides is 1. The minimum absolute atomic E-state index is 0.0919. The van der Waals surface area contributed by atoms with Gasteiger partial charge in [-0.2, -0.15) is 5.10 Å². The van der Waals surface area contributed by atoms with E-state index in [1.807, 2.05) is 77.0 Å². The standard InChI is InChI=1S/C25H24N4O2/c1-27-16-19(17-7-3-5-9-21(17)27)24(30)29-13-11-25(12-14-29)20-15-26-28(2)23(20)18-8-4-6-10-22(18)31-25/h3-10,15-16H,11-14H2,1-2H3. The Balaban J connectivity index is 1.31. The number of nitrogens with zero attached hydrogens (tertiary/aromatic N) is 4. The average Bonchev–Trinajstić information content (AvgIpc) is 3.35. The maximum atomic E-state index is 13.4. The summed E-state index contributed by atoms with van der Waals surface area (Å²) in [5.74, 6) is 0.988.